The van der Waals surface area contributed by atoms with Crippen molar-refractivity contribution in [2.75, 3.05) is 0 Å². The lowest BCUT2D eigenvalue weighted by atomic mass is 10.0. The van der Waals surface area contributed by atoms with Crippen LogP contribution in [0.25, 0.3) is 0 Å². The standard InChI is InChI=1S/C17H23FN2O/c1-10-14(21)20(15-16(2,3)17(15,4)5)13(19-10)11-7-6-8-12(18)9-11/h6-10,13,15,19H,1-5H3. The third-order valence-corrected chi connectivity index (χ3v) is 5.70. The summed E-state index contributed by atoms with van der Waals surface area (Å²) in [4.78, 5) is 14.5. The third kappa shape index (κ3) is 1.92. The molecule has 1 aliphatic heterocycles. The molecule has 0 spiro atoms. The van der Waals surface area contributed by atoms with E-state index in [9.17, 15) is 9.18 Å². The summed E-state index contributed by atoms with van der Waals surface area (Å²) >= 11 is 0. The topological polar surface area (TPSA) is 32.3 Å². The molecule has 3 nitrogen and oxygen atoms in total. The van der Waals surface area contributed by atoms with E-state index in [1.54, 1.807) is 6.07 Å². The number of nitrogens with zero attached hydrogens (tertiary/aromatic N) is 1. The lowest BCUT2D eigenvalue weighted by Crippen LogP contribution is -2.36. The molecule has 114 valence electrons. The van der Waals surface area contributed by atoms with Crippen LogP contribution in [0.4, 0.5) is 4.39 Å². The van der Waals surface area contributed by atoms with Gasteiger partial charge in [0.25, 0.3) is 0 Å². The van der Waals surface area contributed by atoms with E-state index in [4.69, 9.17) is 0 Å². The molecule has 0 bridgehead atoms. The van der Waals surface area contributed by atoms with Gasteiger partial charge in [-0.05, 0) is 35.4 Å². The van der Waals surface area contributed by atoms with Crippen molar-refractivity contribution in [3.63, 3.8) is 0 Å². The van der Waals surface area contributed by atoms with Crippen LogP contribution in [0.15, 0.2) is 24.3 Å². The fourth-order valence-electron chi connectivity index (χ4n) is 3.81. The highest BCUT2D eigenvalue weighted by Gasteiger charge is 2.70. The maximum absolute atomic E-state index is 13.5. The highest BCUT2D eigenvalue weighted by Crippen LogP contribution is 2.66. The Kier molecular flexibility index (Phi) is 2.97. The van der Waals surface area contributed by atoms with Crippen molar-refractivity contribution < 1.29 is 9.18 Å². The molecule has 1 aliphatic carbocycles. The first-order chi connectivity index (χ1) is 9.68. The molecule has 1 heterocycles. The van der Waals surface area contributed by atoms with E-state index in [1.807, 2.05) is 17.9 Å². The Morgan fingerprint density at radius 2 is 1.81 bits per heavy atom. The molecule has 4 heteroatoms. The van der Waals surface area contributed by atoms with Gasteiger partial charge in [-0.25, -0.2) is 4.39 Å². The van der Waals surface area contributed by atoms with Gasteiger partial charge in [-0.15, -0.1) is 0 Å². The van der Waals surface area contributed by atoms with E-state index in [0.717, 1.165) is 5.56 Å². The van der Waals surface area contributed by atoms with Gasteiger partial charge in [0.05, 0.1) is 6.04 Å². The Hall–Kier alpha value is -1.42. The van der Waals surface area contributed by atoms with Crippen LogP contribution in [-0.4, -0.2) is 22.9 Å². The van der Waals surface area contributed by atoms with Gasteiger partial charge in [0, 0.05) is 6.04 Å². The van der Waals surface area contributed by atoms with Crippen molar-refractivity contribution in [3.8, 4) is 0 Å². The monoisotopic (exact) mass is 290 g/mol. The van der Waals surface area contributed by atoms with Crippen LogP contribution in [0.2, 0.25) is 0 Å². The fourth-order valence-corrected chi connectivity index (χ4v) is 3.81. The average Bonchev–Trinajstić information content (AvgIpc) is 2.63. The molecule has 21 heavy (non-hydrogen) atoms. The smallest absolute Gasteiger partial charge is 0.241 e. The first-order valence-corrected chi connectivity index (χ1v) is 7.51. The van der Waals surface area contributed by atoms with Crippen LogP contribution in [0.3, 0.4) is 0 Å². The van der Waals surface area contributed by atoms with Crippen molar-refractivity contribution in [3.05, 3.63) is 35.6 Å². The fraction of sp³-hybridized carbons (Fsp3) is 0.588. The second-order valence-corrected chi connectivity index (χ2v) is 7.44. The molecule has 1 N–H and O–H groups in total. The lowest BCUT2D eigenvalue weighted by Gasteiger charge is -2.27. The SMILES string of the molecule is CC1NC(c2cccc(F)c2)N(C2C(C)(C)C2(C)C)C1=O. The second-order valence-electron chi connectivity index (χ2n) is 7.44. The summed E-state index contributed by atoms with van der Waals surface area (Å²) in [6.07, 6.45) is -0.241. The normalized spacial score (nSPS) is 30.8. The maximum Gasteiger partial charge on any atom is 0.241 e. The van der Waals surface area contributed by atoms with E-state index in [0.29, 0.717) is 0 Å². The number of hydrogen-bond acceptors (Lipinski definition) is 2. The molecule has 1 amide bonds. The molecule has 0 aromatic heterocycles. The zero-order valence-electron chi connectivity index (χ0n) is 13.3. The Morgan fingerprint density at radius 3 is 2.33 bits per heavy atom. The van der Waals surface area contributed by atoms with Gasteiger partial charge in [0.1, 0.15) is 12.0 Å². The predicted molar refractivity (Wildman–Crippen MR) is 79.9 cm³/mol. The molecule has 1 saturated heterocycles. The Morgan fingerprint density at radius 1 is 1.19 bits per heavy atom. The third-order valence-electron chi connectivity index (χ3n) is 5.70. The van der Waals surface area contributed by atoms with Gasteiger partial charge >= 0.3 is 0 Å². The number of nitrogens with one attached hydrogen (secondary N) is 1. The van der Waals surface area contributed by atoms with Gasteiger partial charge in [-0.3, -0.25) is 10.1 Å². The largest absolute Gasteiger partial charge is 0.317 e. The molecule has 2 unspecified atom stereocenters. The van der Waals surface area contributed by atoms with E-state index >= 15 is 0 Å². The summed E-state index contributed by atoms with van der Waals surface area (Å²) < 4.78 is 13.5. The molecule has 2 aliphatic rings. The van der Waals surface area contributed by atoms with Crippen LogP contribution in [0, 0.1) is 16.6 Å². The Bertz CT molecular complexity index is 582. The number of rotatable bonds is 2. The van der Waals surface area contributed by atoms with Gasteiger partial charge in [-0.2, -0.15) is 0 Å². The zero-order chi connectivity index (χ0) is 15.6. The number of carbonyl (C=O) groups excluding carboxylic acids is 1. The molecular weight excluding hydrogens is 267 g/mol. The van der Waals surface area contributed by atoms with Crippen molar-refractivity contribution in [1.29, 1.82) is 0 Å². The van der Waals surface area contributed by atoms with Crippen molar-refractivity contribution in [2.24, 2.45) is 10.8 Å². The summed E-state index contributed by atoms with van der Waals surface area (Å²) in [6.45, 7) is 10.6. The average molecular weight is 290 g/mol. The molecule has 1 saturated carbocycles. The summed E-state index contributed by atoms with van der Waals surface area (Å²) in [7, 11) is 0. The van der Waals surface area contributed by atoms with Crippen LogP contribution in [0.5, 0.6) is 0 Å². The molecule has 1 aromatic rings. The minimum absolute atomic E-state index is 0.0694. The minimum Gasteiger partial charge on any atom is -0.317 e. The molecule has 3 rings (SSSR count). The Balaban J connectivity index is 1.99. The molecule has 2 atom stereocenters. The highest BCUT2D eigenvalue weighted by molar-refractivity contribution is 5.85. The predicted octanol–water partition coefficient (Wildman–Crippen LogP) is 3.08. The molecular formula is C17H23FN2O. The lowest BCUT2D eigenvalue weighted by molar-refractivity contribution is -0.131. The number of hydrogen-bond donors (Lipinski definition) is 1. The summed E-state index contributed by atoms with van der Waals surface area (Å²) in [5.41, 5.74) is 0.950. The van der Waals surface area contributed by atoms with E-state index < -0.39 is 0 Å². The number of benzene rings is 1. The maximum atomic E-state index is 13.5. The van der Waals surface area contributed by atoms with E-state index in [-0.39, 0.29) is 40.8 Å². The summed E-state index contributed by atoms with van der Waals surface area (Å²) in [6, 6.07) is 6.45. The van der Waals surface area contributed by atoms with Crippen molar-refractivity contribution in [1.82, 2.24) is 10.2 Å². The number of halogens is 1. The van der Waals surface area contributed by atoms with Crippen molar-refractivity contribution in [2.45, 2.75) is 52.9 Å². The van der Waals surface area contributed by atoms with Crippen LogP contribution < -0.4 is 5.32 Å². The van der Waals surface area contributed by atoms with Gasteiger partial charge in [-0.1, -0.05) is 39.8 Å². The van der Waals surface area contributed by atoms with E-state index in [1.165, 1.54) is 12.1 Å². The molecule has 1 aromatic carbocycles. The van der Waals surface area contributed by atoms with Crippen LogP contribution in [-0.2, 0) is 4.79 Å². The van der Waals surface area contributed by atoms with Gasteiger partial charge < -0.3 is 4.90 Å². The summed E-state index contributed by atoms with van der Waals surface area (Å²) in [5, 5.41) is 3.30. The Labute approximate surface area is 125 Å². The van der Waals surface area contributed by atoms with Crippen molar-refractivity contribution >= 4 is 5.91 Å². The minimum atomic E-state index is -0.268. The molecule has 2 fully saturated rings. The summed E-state index contributed by atoms with van der Waals surface area (Å²) in [5.74, 6) is -0.163. The van der Waals surface area contributed by atoms with Gasteiger partial charge in [0.15, 0.2) is 0 Å². The second kappa shape index (κ2) is 4.29. The van der Waals surface area contributed by atoms with Gasteiger partial charge in [0.2, 0.25) is 5.91 Å². The van der Waals surface area contributed by atoms with Crippen LogP contribution >= 0.6 is 0 Å². The highest BCUT2D eigenvalue weighted by atomic mass is 19.1. The molecule has 0 radical (unpaired) electrons. The van der Waals surface area contributed by atoms with E-state index in [2.05, 4.69) is 33.0 Å². The quantitative estimate of drug-likeness (QED) is 0.908. The number of amides is 1. The first-order valence-electron chi connectivity index (χ1n) is 7.51. The van der Waals surface area contributed by atoms with Crippen LogP contribution in [0.1, 0.15) is 46.3 Å². The first kappa shape index (κ1) is 14.5. The zero-order valence-corrected chi connectivity index (χ0v) is 13.3. The number of carbonyl (C=O) groups is 1.